The fraction of sp³-hybridized carbons (Fsp3) is 0.333. The molecule has 0 spiro atoms. The summed E-state index contributed by atoms with van der Waals surface area (Å²) in [6.45, 7) is -3.26. The number of carbonyl (C=O) groups excluding carboxylic acids is 1. The van der Waals surface area contributed by atoms with E-state index >= 15 is 0 Å². The normalized spacial score (nSPS) is 11.0. The van der Waals surface area contributed by atoms with Crippen molar-refractivity contribution in [1.82, 2.24) is 0 Å². The van der Waals surface area contributed by atoms with Crippen LogP contribution in [0.25, 0.3) is 6.08 Å². The second-order valence-corrected chi connectivity index (χ2v) is 4.50. The quantitative estimate of drug-likeness (QED) is 0.162. The number of nitro groups is 1. The summed E-state index contributed by atoms with van der Waals surface area (Å²) < 4.78 is 43.3. The van der Waals surface area contributed by atoms with Gasteiger partial charge in [0.1, 0.15) is 18.2 Å². The van der Waals surface area contributed by atoms with Crippen molar-refractivity contribution >= 4 is 17.7 Å². The van der Waals surface area contributed by atoms with Crippen molar-refractivity contribution in [1.29, 1.82) is 5.26 Å². The predicted octanol–water partition coefficient (Wildman–Crippen LogP) is 2.30. The summed E-state index contributed by atoms with van der Waals surface area (Å²) in [6, 6.07) is 3.26. The maximum absolute atomic E-state index is 12.4. The van der Waals surface area contributed by atoms with Crippen LogP contribution in [0, 0.1) is 21.4 Å². The smallest absolute Gasteiger partial charge is 0.387 e. The Morgan fingerprint density at radius 1 is 1.35 bits per heavy atom. The Labute approximate surface area is 146 Å². The topological polar surface area (TPSA) is 121 Å². The molecule has 140 valence electrons. The van der Waals surface area contributed by atoms with Crippen molar-refractivity contribution in [2.45, 2.75) is 6.61 Å². The van der Waals surface area contributed by atoms with Crippen LogP contribution in [0.15, 0.2) is 17.7 Å². The molecule has 1 rings (SSSR count). The summed E-state index contributed by atoms with van der Waals surface area (Å²) in [5.41, 5.74) is -1.43. The summed E-state index contributed by atoms with van der Waals surface area (Å²) in [5.74, 6) is -1.83. The minimum atomic E-state index is -3.23. The molecular formula is C15H14F2N2O7. The number of halogens is 2. The molecule has 0 heterocycles. The molecule has 0 aliphatic rings. The van der Waals surface area contributed by atoms with Gasteiger partial charge in [-0.25, -0.2) is 4.79 Å². The fourth-order valence-electron chi connectivity index (χ4n) is 1.77. The van der Waals surface area contributed by atoms with E-state index in [-0.39, 0.29) is 24.5 Å². The number of ether oxygens (including phenoxy) is 4. The zero-order valence-corrected chi connectivity index (χ0v) is 13.7. The van der Waals surface area contributed by atoms with Crippen molar-refractivity contribution in [2.24, 2.45) is 0 Å². The minimum absolute atomic E-state index is 0.0953. The van der Waals surface area contributed by atoms with Crippen LogP contribution in [0.3, 0.4) is 0 Å². The number of hydrogen-bond donors (Lipinski definition) is 0. The van der Waals surface area contributed by atoms with E-state index in [1.807, 2.05) is 0 Å². The molecule has 11 heteroatoms. The van der Waals surface area contributed by atoms with Crippen molar-refractivity contribution in [3.8, 4) is 17.6 Å². The van der Waals surface area contributed by atoms with Gasteiger partial charge in [-0.3, -0.25) is 10.1 Å². The first kappa shape index (κ1) is 20.8. The Balaban J connectivity index is 3.33. The minimum Gasteiger partial charge on any atom is -0.493 e. The highest BCUT2D eigenvalue weighted by Crippen LogP contribution is 2.36. The van der Waals surface area contributed by atoms with Crippen LogP contribution >= 0.6 is 0 Å². The summed E-state index contributed by atoms with van der Waals surface area (Å²) in [4.78, 5) is 22.1. The van der Waals surface area contributed by atoms with E-state index in [9.17, 15) is 23.7 Å². The molecule has 0 aliphatic carbocycles. The van der Waals surface area contributed by atoms with E-state index in [2.05, 4.69) is 9.47 Å². The third kappa shape index (κ3) is 5.67. The number of carbonyl (C=O) groups is 1. The Morgan fingerprint density at radius 2 is 2.04 bits per heavy atom. The summed E-state index contributed by atoms with van der Waals surface area (Å²) in [7, 11) is 2.52. The second-order valence-electron chi connectivity index (χ2n) is 4.50. The Hall–Kier alpha value is -3.26. The molecule has 26 heavy (non-hydrogen) atoms. The third-order valence-electron chi connectivity index (χ3n) is 2.89. The summed E-state index contributed by atoms with van der Waals surface area (Å²) in [5, 5.41) is 20.3. The van der Waals surface area contributed by atoms with Crippen LogP contribution < -0.4 is 9.47 Å². The van der Waals surface area contributed by atoms with Crippen LogP contribution in [0.5, 0.6) is 11.5 Å². The lowest BCUT2D eigenvalue weighted by atomic mass is 10.1. The van der Waals surface area contributed by atoms with Gasteiger partial charge in [0.15, 0.2) is 11.5 Å². The van der Waals surface area contributed by atoms with Crippen molar-refractivity contribution in [3.63, 3.8) is 0 Å². The Morgan fingerprint density at radius 3 is 2.54 bits per heavy atom. The molecule has 0 saturated carbocycles. The van der Waals surface area contributed by atoms with Gasteiger partial charge < -0.3 is 18.9 Å². The Kier molecular flexibility index (Phi) is 7.91. The number of hydrogen-bond acceptors (Lipinski definition) is 8. The molecule has 0 amide bonds. The summed E-state index contributed by atoms with van der Waals surface area (Å²) >= 11 is 0. The monoisotopic (exact) mass is 372 g/mol. The Bertz CT molecular complexity index is 744. The molecule has 0 unspecified atom stereocenters. The van der Waals surface area contributed by atoms with Crippen LogP contribution in [0.1, 0.15) is 5.56 Å². The number of alkyl halides is 2. The maximum atomic E-state index is 12.4. The lowest BCUT2D eigenvalue weighted by Crippen LogP contribution is -2.11. The van der Waals surface area contributed by atoms with E-state index in [4.69, 9.17) is 14.7 Å². The van der Waals surface area contributed by atoms with Gasteiger partial charge in [-0.2, -0.15) is 14.0 Å². The molecule has 0 aromatic heterocycles. The van der Waals surface area contributed by atoms with Gasteiger partial charge in [-0.15, -0.1) is 0 Å². The zero-order chi connectivity index (χ0) is 19.7. The predicted molar refractivity (Wildman–Crippen MR) is 82.7 cm³/mol. The molecule has 9 nitrogen and oxygen atoms in total. The maximum Gasteiger partial charge on any atom is 0.387 e. The number of nitrogens with zero attached hydrogens (tertiary/aromatic N) is 2. The first-order valence-electron chi connectivity index (χ1n) is 6.93. The molecule has 0 fully saturated rings. The zero-order valence-electron chi connectivity index (χ0n) is 13.7. The molecule has 0 atom stereocenters. The molecule has 0 bridgehead atoms. The van der Waals surface area contributed by atoms with E-state index in [0.717, 1.165) is 19.3 Å². The van der Waals surface area contributed by atoms with E-state index in [1.165, 1.54) is 7.11 Å². The molecule has 0 saturated heterocycles. The van der Waals surface area contributed by atoms with E-state index in [1.54, 1.807) is 6.07 Å². The lowest BCUT2D eigenvalue weighted by Gasteiger charge is -2.11. The van der Waals surface area contributed by atoms with Gasteiger partial charge in [0.25, 0.3) is 5.69 Å². The van der Waals surface area contributed by atoms with Gasteiger partial charge in [-0.1, -0.05) is 0 Å². The molecule has 1 aromatic carbocycles. The van der Waals surface area contributed by atoms with Gasteiger partial charge in [0.2, 0.25) is 0 Å². The standard InChI is InChI=1S/C15H14F2N2O7/c1-23-3-4-25-14(20)10(8-18)5-9-6-12(24-2)13(26-15(16)17)7-11(9)19(21)22/h5-7,15H,3-4H2,1-2H3/b10-5+. The number of nitro benzene ring substituents is 1. The van der Waals surface area contributed by atoms with Crippen LogP contribution in [0.2, 0.25) is 0 Å². The fourth-order valence-corrected chi connectivity index (χ4v) is 1.77. The van der Waals surface area contributed by atoms with Gasteiger partial charge in [-0.05, 0) is 12.1 Å². The van der Waals surface area contributed by atoms with Gasteiger partial charge in [0.05, 0.1) is 30.3 Å². The highest BCUT2D eigenvalue weighted by molar-refractivity contribution is 5.98. The first-order valence-corrected chi connectivity index (χ1v) is 6.93. The second kappa shape index (κ2) is 9.90. The number of nitriles is 1. The highest BCUT2D eigenvalue weighted by atomic mass is 19.3. The van der Waals surface area contributed by atoms with E-state index < -0.39 is 34.5 Å². The van der Waals surface area contributed by atoms with Gasteiger partial charge >= 0.3 is 12.6 Å². The molecule has 0 N–H and O–H groups in total. The highest BCUT2D eigenvalue weighted by Gasteiger charge is 2.22. The van der Waals surface area contributed by atoms with E-state index in [0.29, 0.717) is 6.07 Å². The van der Waals surface area contributed by atoms with Crippen LogP contribution in [-0.4, -0.2) is 44.9 Å². The van der Waals surface area contributed by atoms with Crippen molar-refractivity contribution in [2.75, 3.05) is 27.4 Å². The largest absolute Gasteiger partial charge is 0.493 e. The molecule has 0 aliphatic heterocycles. The molecule has 1 aromatic rings. The van der Waals surface area contributed by atoms with Crippen molar-refractivity contribution in [3.05, 3.63) is 33.4 Å². The van der Waals surface area contributed by atoms with Crippen molar-refractivity contribution < 1.29 is 37.4 Å². The molecule has 0 radical (unpaired) electrons. The SMILES string of the molecule is COCCOC(=O)/C(C#N)=C/c1cc(OC)c(OC(F)F)cc1[N+](=O)[O-]. The third-order valence-corrected chi connectivity index (χ3v) is 2.89. The molecular weight excluding hydrogens is 358 g/mol. The van der Waals surface area contributed by atoms with Gasteiger partial charge in [0, 0.05) is 7.11 Å². The number of benzene rings is 1. The number of rotatable bonds is 9. The number of esters is 1. The number of methoxy groups -OCH3 is 2. The van der Waals surface area contributed by atoms with Crippen LogP contribution in [-0.2, 0) is 14.3 Å². The first-order chi connectivity index (χ1) is 12.3. The average Bonchev–Trinajstić information content (AvgIpc) is 2.59. The van der Waals surface area contributed by atoms with Crippen LogP contribution in [0.4, 0.5) is 14.5 Å². The average molecular weight is 372 g/mol. The lowest BCUT2D eigenvalue weighted by molar-refractivity contribution is -0.385. The summed E-state index contributed by atoms with van der Waals surface area (Å²) in [6.07, 6.45) is 0.891.